The molecule has 3 rings (SSSR count). The molecular weight excluding hydrogens is 472 g/mol. The molecule has 0 aliphatic rings. The van der Waals surface area contributed by atoms with E-state index in [1.165, 1.54) is 12.1 Å². The summed E-state index contributed by atoms with van der Waals surface area (Å²) in [5.74, 6) is 0.683. The predicted octanol–water partition coefficient (Wildman–Crippen LogP) is 4.39. The standard InChI is InChI=1S/C21H19FIN3O2/c22-16-6-10-18(11-7-16)28-17-8-4-15(5-9-17)19-2-1-3-20(26-19)21(27)25-13-12-24-14-23/h1-11,24H,12-14H2,(H,25,27). The number of benzene rings is 2. The number of ether oxygens (including phenoxy) is 1. The number of aromatic nitrogens is 1. The molecule has 0 aliphatic heterocycles. The van der Waals surface area contributed by atoms with Gasteiger partial charge in [-0.05, 0) is 60.7 Å². The molecule has 0 atom stereocenters. The van der Waals surface area contributed by atoms with E-state index in [4.69, 9.17) is 4.74 Å². The van der Waals surface area contributed by atoms with Crippen LogP contribution in [0.15, 0.2) is 66.7 Å². The van der Waals surface area contributed by atoms with Crippen molar-refractivity contribution in [1.29, 1.82) is 0 Å². The van der Waals surface area contributed by atoms with Gasteiger partial charge in [0.2, 0.25) is 0 Å². The van der Waals surface area contributed by atoms with Crippen LogP contribution < -0.4 is 15.4 Å². The van der Waals surface area contributed by atoms with Gasteiger partial charge in [-0.15, -0.1) is 0 Å². The lowest BCUT2D eigenvalue weighted by molar-refractivity contribution is 0.0949. The summed E-state index contributed by atoms with van der Waals surface area (Å²) in [5, 5.41) is 5.98. The Bertz CT molecular complexity index is 918. The van der Waals surface area contributed by atoms with Crippen LogP contribution >= 0.6 is 22.6 Å². The highest BCUT2D eigenvalue weighted by molar-refractivity contribution is 14.1. The minimum absolute atomic E-state index is 0.201. The smallest absolute Gasteiger partial charge is 0.269 e. The van der Waals surface area contributed by atoms with Crippen LogP contribution in [-0.2, 0) is 0 Å². The van der Waals surface area contributed by atoms with Gasteiger partial charge in [-0.2, -0.15) is 0 Å². The van der Waals surface area contributed by atoms with Crippen LogP contribution in [-0.4, -0.2) is 28.5 Å². The van der Waals surface area contributed by atoms with Crippen molar-refractivity contribution in [2.24, 2.45) is 0 Å². The first kappa shape index (κ1) is 20.2. The largest absolute Gasteiger partial charge is 0.457 e. The van der Waals surface area contributed by atoms with Crippen molar-refractivity contribution in [2.45, 2.75) is 0 Å². The molecule has 0 aliphatic carbocycles. The molecule has 28 heavy (non-hydrogen) atoms. The normalized spacial score (nSPS) is 10.5. The number of halogens is 2. The van der Waals surface area contributed by atoms with Crippen molar-refractivity contribution in [1.82, 2.24) is 15.6 Å². The Balaban J connectivity index is 1.66. The first-order valence-electron chi connectivity index (χ1n) is 8.71. The van der Waals surface area contributed by atoms with Gasteiger partial charge in [0.05, 0.1) is 5.69 Å². The third kappa shape index (κ3) is 5.74. The highest BCUT2D eigenvalue weighted by Crippen LogP contribution is 2.25. The van der Waals surface area contributed by atoms with Gasteiger partial charge in [0.1, 0.15) is 23.0 Å². The average molecular weight is 491 g/mol. The second kappa shape index (κ2) is 10.1. The maximum absolute atomic E-state index is 13.0. The first-order valence-corrected chi connectivity index (χ1v) is 10.2. The van der Waals surface area contributed by atoms with Crippen molar-refractivity contribution in [3.05, 3.63) is 78.2 Å². The number of pyridine rings is 1. The summed E-state index contributed by atoms with van der Waals surface area (Å²) in [6.45, 7) is 1.26. The second-order valence-corrected chi connectivity index (χ2v) is 6.64. The Morgan fingerprint density at radius 3 is 2.32 bits per heavy atom. The van der Waals surface area contributed by atoms with Gasteiger partial charge in [0.25, 0.3) is 5.91 Å². The van der Waals surface area contributed by atoms with Gasteiger partial charge < -0.3 is 15.4 Å². The summed E-state index contributed by atoms with van der Waals surface area (Å²) in [6, 6.07) is 18.5. The van der Waals surface area contributed by atoms with E-state index < -0.39 is 0 Å². The third-order valence-electron chi connectivity index (χ3n) is 3.86. The Hall–Kier alpha value is -2.52. The number of amides is 1. The minimum atomic E-state index is -0.307. The molecule has 1 heterocycles. The van der Waals surface area contributed by atoms with Gasteiger partial charge in [0, 0.05) is 23.2 Å². The van der Waals surface area contributed by atoms with E-state index in [-0.39, 0.29) is 11.7 Å². The fraction of sp³-hybridized carbons (Fsp3) is 0.143. The predicted molar refractivity (Wildman–Crippen MR) is 115 cm³/mol. The monoisotopic (exact) mass is 491 g/mol. The molecule has 0 spiro atoms. The molecule has 0 unspecified atom stereocenters. The van der Waals surface area contributed by atoms with Crippen molar-refractivity contribution in [3.63, 3.8) is 0 Å². The fourth-order valence-corrected chi connectivity index (χ4v) is 2.86. The zero-order chi connectivity index (χ0) is 19.8. The third-order valence-corrected chi connectivity index (χ3v) is 4.40. The molecule has 0 saturated carbocycles. The van der Waals surface area contributed by atoms with Crippen LogP contribution in [0.2, 0.25) is 0 Å². The summed E-state index contributed by atoms with van der Waals surface area (Å²) in [5.41, 5.74) is 1.94. The number of hydrogen-bond acceptors (Lipinski definition) is 4. The van der Waals surface area contributed by atoms with E-state index >= 15 is 0 Å². The van der Waals surface area contributed by atoms with Crippen LogP contribution in [0.25, 0.3) is 11.3 Å². The lowest BCUT2D eigenvalue weighted by atomic mass is 10.1. The van der Waals surface area contributed by atoms with Gasteiger partial charge in [0.15, 0.2) is 0 Å². The van der Waals surface area contributed by atoms with Crippen LogP contribution in [0, 0.1) is 5.82 Å². The summed E-state index contributed by atoms with van der Waals surface area (Å²) in [7, 11) is 0. The number of nitrogens with one attached hydrogen (secondary N) is 2. The molecule has 0 saturated heterocycles. The van der Waals surface area contributed by atoms with Crippen LogP contribution in [0.5, 0.6) is 11.5 Å². The van der Waals surface area contributed by atoms with E-state index in [1.54, 1.807) is 18.2 Å². The molecule has 0 fully saturated rings. The summed E-state index contributed by atoms with van der Waals surface area (Å²) < 4.78 is 19.5. The number of alkyl halides is 1. The van der Waals surface area contributed by atoms with E-state index in [9.17, 15) is 9.18 Å². The van der Waals surface area contributed by atoms with Crippen LogP contribution in [0.4, 0.5) is 4.39 Å². The summed E-state index contributed by atoms with van der Waals surface area (Å²) >= 11 is 2.22. The maximum atomic E-state index is 13.0. The van der Waals surface area contributed by atoms with Gasteiger partial charge in [-0.3, -0.25) is 4.79 Å². The van der Waals surface area contributed by atoms with E-state index in [0.717, 1.165) is 10.1 Å². The Labute approximate surface area is 176 Å². The molecule has 144 valence electrons. The maximum Gasteiger partial charge on any atom is 0.269 e. The molecular formula is C21H19FIN3O2. The molecule has 2 aromatic carbocycles. The van der Waals surface area contributed by atoms with Crippen molar-refractivity contribution >= 4 is 28.5 Å². The van der Waals surface area contributed by atoms with E-state index in [2.05, 4.69) is 38.2 Å². The highest BCUT2D eigenvalue weighted by atomic mass is 127. The van der Waals surface area contributed by atoms with E-state index in [0.29, 0.717) is 36.0 Å². The Kier molecular flexibility index (Phi) is 7.32. The van der Waals surface area contributed by atoms with Crippen molar-refractivity contribution < 1.29 is 13.9 Å². The molecule has 1 amide bonds. The average Bonchev–Trinajstić information content (AvgIpc) is 2.73. The Morgan fingerprint density at radius 1 is 0.964 bits per heavy atom. The van der Waals surface area contributed by atoms with Gasteiger partial charge in [-0.1, -0.05) is 28.7 Å². The molecule has 3 aromatic rings. The Morgan fingerprint density at radius 2 is 1.64 bits per heavy atom. The number of nitrogens with zero attached hydrogens (tertiary/aromatic N) is 1. The van der Waals surface area contributed by atoms with Crippen molar-refractivity contribution in [2.75, 3.05) is 17.6 Å². The SMILES string of the molecule is O=C(NCCNCI)c1cccc(-c2ccc(Oc3ccc(F)cc3)cc2)n1. The van der Waals surface area contributed by atoms with Gasteiger partial charge in [-0.25, -0.2) is 9.37 Å². The number of hydrogen-bond donors (Lipinski definition) is 2. The number of carbonyl (C=O) groups excluding carboxylic acids is 1. The summed E-state index contributed by atoms with van der Waals surface area (Å²) in [4.78, 5) is 16.7. The highest BCUT2D eigenvalue weighted by Gasteiger charge is 2.09. The zero-order valence-electron chi connectivity index (χ0n) is 15.0. The quantitative estimate of drug-likeness (QED) is 0.212. The molecule has 7 heteroatoms. The lowest BCUT2D eigenvalue weighted by Crippen LogP contribution is -2.31. The number of rotatable bonds is 8. The zero-order valence-corrected chi connectivity index (χ0v) is 17.1. The first-order chi connectivity index (χ1) is 13.7. The topological polar surface area (TPSA) is 63.2 Å². The van der Waals surface area contributed by atoms with Crippen LogP contribution in [0.3, 0.4) is 0 Å². The van der Waals surface area contributed by atoms with Gasteiger partial charge >= 0.3 is 0 Å². The minimum Gasteiger partial charge on any atom is -0.457 e. The molecule has 0 bridgehead atoms. The van der Waals surface area contributed by atoms with E-state index in [1.807, 2.05) is 36.4 Å². The van der Waals surface area contributed by atoms with Crippen molar-refractivity contribution in [3.8, 4) is 22.8 Å². The molecule has 5 nitrogen and oxygen atoms in total. The molecule has 2 N–H and O–H groups in total. The summed E-state index contributed by atoms with van der Waals surface area (Å²) in [6.07, 6.45) is 0. The lowest BCUT2D eigenvalue weighted by Gasteiger charge is -2.08. The molecule has 0 radical (unpaired) electrons. The molecule has 1 aromatic heterocycles. The number of carbonyl (C=O) groups is 1. The second-order valence-electron chi connectivity index (χ2n) is 5.88. The fourth-order valence-electron chi connectivity index (χ4n) is 2.48. The van der Waals surface area contributed by atoms with Crippen LogP contribution in [0.1, 0.15) is 10.5 Å².